The number of piperidine rings is 1. The Kier molecular flexibility index (Phi) is 4.46. The first-order valence-corrected chi connectivity index (χ1v) is 11.0. The zero-order chi connectivity index (χ0) is 20.9. The third-order valence-electron chi connectivity index (χ3n) is 6.34. The molecule has 5 heterocycles. The lowest BCUT2D eigenvalue weighted by Crippen LogP contribution is -2.56. The molecule has 2 aliphatic heterocycles. The van der Waals surface area contributed by atoms with E-state index in [1.807, 2.05) is 30.1 Å². The van der Waals surface area contributed by atoms with Crippen molar-refractivity contribution in [3.63, 3.8) is 0 Å². The number of ether oxygens (including phenoxy) is 2. The van der Waals surface area contributed by atoms with Crippen LogP contribution in [0.3, 0.4) is 0 Å². The summed E-state index contributed by atoms with van der Waals surface area (Å²) >= 11 is 0. The number of aromatic nitrogens is 4. The van der Waals surface area contributed by atoms with Gasteiger partial charge in [-0.15, -0.1) is 0 Å². The Morgan fingerprint density at radius 3 is 2.84 bits per heavy atom. The van der Waals surface area contributed by atoms with Crippen LogP contribution in [0.15, 0.2) is 30.6 Å². The van der Waals surface area contributed by atoms with Gasteiger partial charge >= 0.3 is 0 Å². The number of anilines is 1. The van der Waals surface area contributed by atoms with Crippen molar-refractivity contribution < 1.29 is 14.3 Å². The zero-order valence-electron chi connectivity index (χ0n) is 17.5. The lowest BCUT2D eigenvalue weighted by Gasteiger charge is -2.39. The van der Waals surface area contributed by atoms with E-state index >= 15 is 0 Å². The minimum absolute atomic E-state index is 0.0584. The van der Waals surface area contributed by atoms with E-state index in [0.29, 0.717) is 17.9 Å². The van der Waals surface area contributed by atoms with E-state index in [2.05, 4.69) is 26.9 Å². The molecule has 1 amide bonds. The number of nitrogens with one attached hydrogen (secondary N) is 2. The summed E-state index contributed by atoms with van der Waals surface area (Å²) in [7, 11) is 1.93. The predicted molar refractivity (Wildman–Crippen MR) is 114 cm³/mol. The van der Waals surface area contributed by atoms with Crippen LogP contribution in [0.25, 0.3) is 16.8 Å². The maximum atomic E-state index is 12.1. The molecule has 9 nitrogen and oxygen atoms in total. The number of hydrogen-bond acceptors (Lipinski definition) is 6. The van der Waals surface area contributed by atoms with Gasteiger partial charge in [-0.05, 0) is 25.0 Å². The standard InChI is InChI=1S/C22H26N6O3/c1-27-21(19(10-23-27)31-18-7-15-11-30-12-16(8-18)24-15)14-4-5-28-17(6-14)9-20(26-28)25-22(29)13-2-3-13/h4-6,9-10,13,15-16,18,24H,2-3,7-8,11-12H2,1H3,(H,25,26,29)/t15-,16+,18?. The molecule has 1 saturated carbocycles. The monoisotopic (exact) mass is 422 g/mol. The first kappa shape index (κ1) is 18.8. The molecule has 2 bridgehead atoms. The molecule has 3 atom stereocenters. The van der Waals surface area contributed by atoms with Gasteiger partial charge in [0.1, 0.15) is 11.8 Å². The Morgan fingerprint density at radius 1 is 1.26 bits per heavy atom. The maximum absolute atomic E-state index is 12.1. The van der Waals surface area contributed by atoms with E-state index in [1.165, 1.54) is 0 Å². The molecule has 3 aromatic rings. The number of carbonyl (C=O) groups excluding carboxylic acids is 1. The van der Waals surface area contributed by atoms with Gasteiger partial charge in [0, 0.05) is 55.7 Å². The molecular formula is C22H26N6O3. The van der Waals surface area contributed by atoms with Crippen LogP contribution in [0.1, 0.15) is 25.7 Å². The number of pyridine rings is 1. The predicted octanol–water partition coefficient (Wildman–Crippen LogP) is 1.98. The Morgan fingerprint density at radius 2 is 2.06 bits per heavy atom. The first-order valence-electron chi connectivity index (χ1n) is 11.0. The van der Waals surface area contributed by atoms with Crippen LogP contribution in [0.5, 0.6) is 5.75 Å². The van der Waals surface area contributed by atoms with E-state index < -0.39 is 0 Å². The third-order valence-corrected chi connectivity index (χ3v) is 6.34. The van der Waals surface area contributed by atoms with Crippen molar-refractivity contribution in [3.8, 4) is 17.0 Å². The Hall–Kier alpha value is -2.91. The van der Waals surface area contributed by atoms with Crippen molar-refractivity contribution >= 4 is 17.2 Å². The van der Waals surface area contributed by atoms with Crippen LogP contribution in [-0.2, 0) is 16.6 Å². The molecule has 2 saturated heterocycles. The number of carbonyl (C=O) groups is 1. The molecule has 0 radical (unpaired) electrons. The summed E-state index contributed by atoms with van der Waals surface area (Å²) in [6.07, 6.45) is 7.64. The molecule has 31 heavy (non-hydrogen) atoms. The van der Waals surface area contributed by atoms with Gasteiger partial charge in [-0.3, -0.25) is 9.48 Å². The summed E-state index contributed by atoms with van der Waals surface area (Å²) in [4.78, 5) is 12.1. The quantitative estimate of drug-likeness (QED) is 0.653. The van der Waals surface area contributed by atoms with Gasteiger partial charge in [-0.1, -0.05) is 0 Å². The van der Waals surface area contributed by atoms with Gasteiger partial charge in [-0.25, -0.2) is 4.52 Å². The second-order valence-electron chi connectivity index (χ2n) is 8.87. The smallest absolute Gasteiger partial charge is 0.228 e. The Bertz CT molecular complexity index is 1120. The fourth-order valence-electron chi connectivity index (χ4n) is 4.67. The first-order chi connectivity index (χ1) is 15.1. The van der Waals surface area contributed by atoms with Crippen molar-refractivity contribution in [3.05, 3.63) is 30.6 Å². The highest BCUT2D eigenvalue weighted by molar-refractivity contribution is 5.93. The topological polar surface area (TPSA) is 94.7 Å². The average Bonchev–Trinajstić information content (AvgIpc) is 3.44. The van der Waals surface area contributed by atoms with Gasteiger partial charge in [0.15, 0.2) is 11.6 Å². The molecule has 0 aromatic carbocycles. The molecule has 3 fully saturated rings. The summed E-state index contributed by atoms with van der Waals surface area (Å²) in [6.45, 7) is 1.49. The van der Waals surface area contributed by atoms with Crippen LogP contribution in [0, 0.1) is 5.92 Å². The van der Waals surface area contributed by atoms with Gasteiger partial charge in [0.25, 0.3) is 0 Å². The van der Waals surface area contributed by atoms with E-state index in [0.717, 1.165) is 61.4 Å². The Balaban J connectivity index is 1.25. The van der Waals surface area contributed by atoms with Crippen molar-refractivity contribution in [2.75, 3.05) is 18.5 Å². The van der Waals surface area contributed by atoms with Crippen LogP contribution in [-0.4, -0.2) is 56.7 Å². The highest BCUT2D eigenvalue weighted by atomic mass is 16.5. The number of nitrogens with zero attached hydrogens (tertiary/aromatic N) is 4. The largest absolute Gasteiger partial charge is 0.486 e. The van der Waals surface area contributed by atoms with Crippen molar-refractivity contribution in [1.82, 2.24) is 24.7 Å². The molecule has 9 heteroatoms. The molecule has 1 unspecified atom stereocenters. The van der Waals surface area contributed by atoms with E-state index in [-0.39, 0.29) is 17.9 Å². The minimum Gasteiger partial charge on any atom is -0.486 e. The van der Waals surface area contributed by atoms with Crippen molar-refractivity contribution in [1.29, 1.82) is 0 Å². The molecule has 2 N–H and O–H groups in total. The SMILES string of the molecule is Cn1ncc(OC2C[C@H]3COC[C@@H](C2)N3)c1-c1ccn2nc(NC(=O)C3CC3)cc2c1. The van der Waals surface area contributed by atoms with Gasteiger partial charge < -0.3 is 20.1 Å². The van der Waals surface area contributed by atoms with Crippen LogP contribution < -0.4 is 15.4 Å². The van der Waals surface area contributed by atoms with Crippen LogP contribution in [0.2, 0.25) is 0 Å². The van der Waals surface area contributed by atoms with Crippen molar-refractivity contribution in [2.45, 2.75) is 43.9 Å². The van der Waals surface area contributed by atoms with Crippen LogP contribution in [0.4, 0.5) is 5.82 Å². The molecule has 1 aliphatic carbocycles. The van der Waals surface area contributed by atoms with Gasteiger partial charge in [0.2, 0.25) is 5.91 Å². The molecule has 162 valence electrons. The second kappa shape index (κ2) is 7.35. The van der Waals surface area contributed by atoms with Gasteiger partial charge in [-0.2, -0.15) is 10.2 Å². The number of amides is 1. The summed E-state index contributed by atoms with van der Waals surface area (Å²) in [6, 6.07) is 6.65. The van der Waals surface area contributed by atoms with E-state index in [4.69, 9.17) is 9.47 Å². The van der Waals surface area contributed by atoms with Crippen molar-refractivity contribution in [2.24, 2.45) is 13.0 Å². The molecule has 3 aromatic heterocycles. The van der Waals surface area contributed by atoms with E-state index in [9.17, 15) is 4.79 Å². The minimum atomic E-state index is 0.0584. The second-order valence-corrected chi connectivity index (χ2v) is 8.87. The summed E-state index contributed by atoms with van der Waals surface area (Å²) < 4.78 is 15.7. The molecule has 0 spiro atoms. The normalized spacial score (nSPS) is 25.5. The Labute approximate surface area is 179 Å². The number of rotatable bonds is 5. The highest BCUT2D eigenvalue weighted by Crippen LogP contribution is 2.34. The summed E-state index contributed by atoms with van der Waals surface area (Å²) in [5.74, 6) is 1.58. The molecule has 6 rings (SSSR count). The molecule has 3 aliphatic rings. The number of aryl methyl sites for hydroxylation is 1. The lowest BCUT2D eigenvalue weighted by atomic mass is 9.94. The summed E-state index contributed by atoms with van der Waals surface area (Å²) in [5, 5.41) is 15.4. The number of fused-ring (bicyclic) bond motifs is 3. The average molecular weight is 422 g/mol. The lowest BCUT2D eigenvalue weighted by molar-refractivity contribution is -0.117. The molecular weight excluding hydrogens is 396 g/mol. The zero-order valence-corrected chi connectivity index (χ0v) is 17.5. The fraction of sp³-hybridized carbons (Fsp3) is 0.500. The number of morpholine rings is 1. The van der Waals surface area contributed by atoms with Crippen LogP contribution >= 0.6 is 0 Å². The maximum Gasteiger partial charge on any atom is 0.228 e. The highest BCUT2D eigenvalue weighted by Gasteiger charge is 2.34. The number of hydrogen-bond donors (Lipinski definition) is 2. The summed E-state index contributed by atoms with van der Waals surface area (Å²) in [5.41, 5.74) is 2.84. The fourth-order valence-corrected chi connectivity index (χ4v) is 4.67. The van der Waals surface area contributed by atoms with Gasteiger partial charge in [0.05, 0.1) is 24.9 Å². The van der Waals surface area contributed by atoms with E-state index in [1.54, 1.807) is 10.7 Å². The third kappa shape index (κ3) is 3.68.